The Morgan fingerprint density at radius 3 is 2.65 bits per heavy atom. The highest BCUT2D eigenvalue weighted by molar-refractivity contribution is 9.10. The van der Waals surface area contributed by atoms with Gasteiger partial charge >= 0.3 is 0 Å². The lowest BCUT2D eigenvalue weighted by Crippen LogP contribution is -2.18. The summed E-state index contributed by atoms with van der Waals surface area (Å²) in [4.78, 5) is 3.71. The van der Waals surface area contributed by atoms with Crippen LogP contribution in [0.2, 0.25) is 0 Å². The van der Waals surface area contributed by atoms with Crippen LogP contribution in [0.1, 0.15) is 0 Å². The molecule has 0 saturated carbocycles. The van der Waals surface area contributed by atoms with Gasteiger partial charge in [0.1, 0.15) is 18.2 Å². The highest BCUT2D eigenvalue weighted by Gasteiger charge is 2.24. The minimum Gasteiger partial charge on any atom is -0.485 e. The van der Waals surface area contributed by atoms with Crippen molar-refractivity contribution in [3.63, 3.8) is 0 Å². The van der Waals surface area contributed by atoms with Gasteiger partial charge in [-0.3, -0.25) is 0 Å². The molecule has 0 bridgehead atoms. The Hall–Kier alpha value is -1.34. The lowest BCUT2D eigenvalue weighted by atomic mass is 10.3. The minimum absolute atomic E-state index is 0.0178. The summed E-state index contributed by atoms with van der Waals surface area (Å²) in [5, 5.41) is 0.844. The van der Waals surface area contributed by atoms with E-state index in [4.69, 9.17) is 10.5 Å². The highest BCUT2D eigenvalue weighted by Crippen LogP contribution is 2.24. The van der Waals surface area contributed by atoms with E-state index in [0.29, 0.717) is 5.75 Å². The summed E-state index contributed by atoms with van der Waals surface area (Å²) in [6.45, 7) is -0.137. The molecule has 5 nitrogen and oxygen atoms in total. The minimum atomic E-state index is -3.50. The SMILES string of the molecule is NC1=CS(=O)(=O)C(COc2ccccc2Br)=N1. The van der Waals surface area contributed by atoms with E-state index in [9.17, 15) is 8.42 Å². The first kappa shape index (κ1) is 12.1. The predicted octanol–water partition coefficient (Wildman–Crippen LogP) is 1.41. The Balaban J connectivity index is 2.11. The van der Waals surface area contributed by atoms with Crippen molar-refractivity contribution >= 4 is 30.8 Å². The van der Waals surface area contributed by atoms with Crippen molar-refractivity contribution in [3.8, 4) is 5.75 Å². The zero-order valence-corrected chi connectivity index (χ0v) is 11.0. The van der Waals surface area contributed by atoms with Gasteiger partial charge in [0.05, 0.1) is 9.88 Å². The Labute approximate surface area is 107 Å². The number of halogens is 1. The third-order valence-electron chi connectivity index (χ3n) is 2.05. The van der Waals surface area contributed by atoms with Gasteiger partial charge < -0.3 is 10.5 Å². The van der Waals surface area contributed by atoms with Crippen molar-refractivity contribution in [1.82, 2.24) is 0 Å². The molecule has 1 aliphatic rings. The van der Waals surface area contributed by atoms with Crippen LogP contribution in [-0.4, -0.2) is 20.1 Å². The highest BCUT2D eigenvalue weighted by atomic mass is 79.9. The lowest BCUT2D eigenvalue weighted by Gasteiger charge is -2.07. The maximum absolute atomic E-state index is 11.5. The Morgan fingerprint density at radius 2 is 2.06 bits per heavy atom. The second-order valence-electron chi connectivity index (χ2n) is 3.31. The molecule has 2 N–H and O–H groups in total. The first-order valence-corrected chi connectivity index (χ1v) is 7.00. The number of benzene rings is 1. The molecular formula is C10H9BrN2O3S. The molecule has 0 aliphatic carbocycles. The van der Waals surface area contributed by atoms with Crippen LogP contribution in [-0.2, 0) is 9.84 Å². The van der Waals surface area contributed by atoms with E-state index in [0.717, 1.165) is 9.88 Å². The molecule has 1 aromatic rings. The summed E-state index contributed by atoms with van der Waals surface area (Å²) in [5.74, 6) is 0.534. The van der Waals surface area contributed by atoms with Crippen LogP contribution in [0.25, 0.3) is 0 Å². The predicted molar refractivity (Wildman–Crippen MR) is 68.3 cm³/mol. The number of nitrogens with zero attached hydrogens (tertiary/aromatic N) is 1. The molecule has 0 spiro atoms. The van der Waals surface area contributed by atoms with Crippen molar-refractivity contribution in [2.75, 3.05) is 6.61 Å². The fourth-order valence-electron chi connectivity index (χ4n) is 1.28. The van der Waals surface area contributed by atoms with Crippen molar-refractivity contribution in [2.45, 2.75) is 0 Å². The van der Waals surface area contributed by atoms with Crippen LogP contribution in [0.5, 0.6) is 5.75 Å². The molecule has 7 heteroatoms. The van der Waals surface area contributed by atoms with Gasteiger partial charge in [0.2, 0.25) is 9.84 Å². The maximum Gasteiger partial charge on any atom is 0.220 e. The van der Waals surface area contributed by atoms with Gasteiger partial charge in [-0.15, -0.1) is 0 Å². The topological polar surface area (TPSA) is 81.8 Å². The Kier molecular flexibility index (Phi) is 3.21. The van der Waals surface area contributed by atoms with Crippen molar-refractivity contribution in [2.24, 2.45) is 10.7 Å². The molecule has 17 heavy (non-hydrogen) atoms. The van der Waals surface area contributed by atoms with E-state index in [2.05, 4.69) is 20.9 Å². The number of nitrogens with two attached hydrogens (primary N) is 1. The van der Waals surface area contributed by atoms with Gasteiger partial charge in [0, 0.05) is 0 Å². The summed E-state index contributed by atoms with van der Waals surface area (Å²) < 4.78 is 29.1. The zero-order valence-electron chi connectivity index (χ0n) is 8.63. The first-order valence-electron chi connectivity index (χ1n) is 4.66. The molecule has 1 aromatic carbocycles. The summed E-state index contributed by atoms with van der Waals surface area (Å²) in [6.07, 6.45) is 0. The molecule has 90 valence electrons. The van der Waals surface area contributed by atoms with Crippen LogP contribution in [0.4, 0.5) is 0 Å². The van der Waals surface area contributed by atoms with Crippen LogP contribution in [0.3, 0.4) is 0 Å². The molecule has 0 unspecified atom stereocenters. The molecule has 2 rings (SSSR count). The number of hydrogen-bond acceptors (Lipinski definition) is 5. The van der Waals surface area contributed by atoms with Crippen LogP contribution in [0.15, 0.2) is 45.0 Å². The fourth-order valence-corrected chi connectivity index (χ4v) is 2.64. The number of aliphatic imine (C=N–C) groups is 1. The lowest BCUT2D eigenvalue weighted by molar-refractivity contribution is 0.376. The molecule has 0 fully saturated rings. The molecule has 0 radical (unpaired) electrons. The smallest absolute Gasteiger partial charge is 0.220 e. The molecule has 0 atom stereocenters. The number of para-hydroxylation sites is 1. The van der Waals surface area contributed by atoms with Crippen LogP contribution < -0.4 is 10.5 Å². The normalized spacial score (nSPS) is 17.5. The molecular weight excluding hydrogens is 308 g/mol. The molecule has 0 amide bonds. The summed E-state index contributed by atoms with van der Waals surface area (Å²) >= 11 is 3.29. The summed E-state index contributed by atoms with van der Waals surface area (Å²) in [6, 6.07) is 7.15. The van der Waals surface area contributed by atoms with E-state index in [-0.39, 0.29) is 17.5 Å². The average Bonchev–Trinajstić information content (AvgIpc) is 2.50. The second kappa shape index (κ2) is 4.50. The van der Waals surface area contributed by atoms with Gasteiger partial charge in [-0.05, 0) is 28.1 Å². The largest absolute Gasteiger partial charge is 0.485 e. The Morgan fingerprint density at radius 1 is 1.35 bits per heavy atom. The zero-order chi connectivity index (χ0) is 12.5. The number of rotatable bonds is 3. The van der Waals surface area contributed by atoms with Gasteiger partial charge in [0.15, 0.2) is 5.04 Å². The van der Waals surface area contributed by atoms with E-state index < -0.39 is 9.84 Å². The number of ether oxygens (including phenoxy) is 1. The van der Waals surface area contributed by atoms with E-state index in [1.807, 2.05) is 6.07 Å². The molecule has 0 aromatic heterocycles. The quantitative estimate of drug-likeness (QED) is 0.914. The van der Waals surface area contributed by atoms with E-state index in [1.165, 1.54) is 0 Å². The third kappa shape index (κ3) is 2.67. The van der Waals surface area contributed by atoms with E-state index >= 15 is 0 Å². The monoisotopic (exact) mass is 316 g/mol. The molecule has 1 aliphatic heterocycles. The van der Waals surface area contributed by atoms with Gasteiger partial charge in [0.25, 0.3) is 0 Å². The number of hydrogen-bond donors (Lipinski definition) is 1. The summed E-state index contributed by atoms with van der Waals surface area (Å²) in [5.41, 5.74) is 5.33. The second-order valence-corrected chi connectivity index (χ2v) is 5.96. The van der Waals surface area contributed by atoms with Crippen molar-refractivity contribution in [3.05, 3.63) is 40.0 Å². The van der Waals surface area contributed by atoms with E-state index in [1.54, 1.807) is 18.2 Å². The number of sulfone groups is 1. The average molecular weight is 317 g/mol. The van der Waals surface area contributed by atoms with Crippen molar-refractivity contribution in [1.29, 1.82) is 0 Å². The maximum atomic E-state index is 11.5. The van der Waals surface area contributed by atoms with Crippen LogP contribution in [0, 0.1) is 0 Å². The first-order chi connectivity index (χ1) is 7.99. The third-order valence-corrected chi connectivity index (χ3v) is 4.12. The summed E-state index contributed by atoms with van der Waals surface area (Å²) in [7, 11) is -3.50. The molecule has 0 saturated heterocycles. The standard InChI is InChI=1S/C10H9BrN2O3S/c11-7-3-1-2-4-8(7)16-5-10-13-9(12)6-17(10,14)15/h1-4,6H,5,12H2. The molecule has 1 heterocycles. The van der Waals surface area contributed by atoms with Gasteiger partial charge in [-0.25, -0.2) is 13.4 Å². The van der Waals surface area contributed by atoms with Gasteiger partial charge in [-0.2, -0.15) is 0 Å². The van der Waals surface area contributed by atoms with Crippen molar-refractivity contribution < 1.29 is 13.2 Å². The Bertz CT molecular complexity index is 608. The fraction of sp³-hybridized carbons (Fsp3) is 0.100. The van der Waals surface area contributed by atoms with Crippen LogP contribution >= 0.6 is 15.9 Å². The van der Waals surface area contributed by atoms with Gasteiger partial charge in [-0.1, -0.05) is 12.1 Å².